The molecule has 1 atom stereocenters. The lowest BCUT2D eigenvalue weighted by atomic mass is 10.2. The maximum Gasteiger partial charge on any atom is 0.455 e. The van der Waals surface area contributed by atoms with Gasteiger partial charge in [0.1, 0.15) is 6.61 Å². The van der Waals surface area contributed by atoms with Gasteiger partial charge in [-0.25, -0.2) is 0 Å². The van der Waals surface area contributed by atoms with Crippen LogP contribution in [0.1, 0.15) is 12.8 Å². The van der Waals surface area contributed by atoms with Gasteiger partial charge in [0.25, 0.3) is 0 Å². The van der Waals surface area contributed by atoms with Gasteiger partial charge >= 0.3 is 12.1 Å². The number of hydrogen-bond acceptors (Lipinski definition) is 2. The molecular formula is C8H11F5O2. The third-order valence-electron chi connectivity index (χ3n) is 2.03. The second kappa shape index (κ2) is 4.61. The predicted molar refractivity (Wildman–Crippen MR) is 40.8 cm³/mol. The van der Waals surface area contributed by atoms with Gasteiger partial charge in [0.2, 0.25) is 0 Å². The van der Waals surface area contributed by atoms with Gasteiger partial charge in [0, 0.05) is 6.61 Å². The first-order chi connectivity index (χ1) is 6.83. The van der Waals surface area contributed by atoms with E-state index in [0.29, 0.717) is 13.0 Å². The lowest BCUT2D eigenvalue weighted by molar-refractivity contribution is -0.297. The molecule has 1 unspecified atom stereocenters. The van der Waals surface area contributed by atoms with Gasteiger partial charge in [0.15, 0.2) is 0 Å². The van der Waals surface area contributed by atoms with Crippen molar-refractivity contribution in [1.82, 2.24) is 0 Å². The van der Waals surface area contributed by atoms with E-state index in [-0.39, 0.29) is 12.7 Å². The van der Waals surface area contributed by atoms with Gasteiger partial charge < -0.3 is 9.47 Å². The summed E-state index contributed by atoms with van der Waals surface area (Å²) in [5.41, 5.74) is 0. The summed E-state index contributed by atoms with van der Waals surface area (Å²) in [5, 5.41) is 0. The second-order valence-corrected chi connectivity index (χ2v) is 3.35. The van der Waals surface area contributed by atoms with Crippen LogP contribution in [0.2, 0.25) is 0 Å². The highest BCUT2D eigenvalue weighted by Crippen LogP contribution is 2.35. The summed E-state index contributed by atoms with van der Waals surface area (Å²) in [5.74, 6) is -4.79. The number of ether oxygens (including phenoxy) is 2. The van der Waals surface area contributed by atoms with Crippen LogP contribution in [0.15, 0.2) is 0 Å². The Bertz CT molecular complexity index is 198. The summed E-state index contributed by atoms with van der Waals surface area (Å²) in [6.07, 6.45) is -4.49. The fourth-order valence-electron chi connectivity index (χ4n) is 1.18. The third kappa shape index (κ3) is 3.57. The average Bonchev–Trinajstić information content (AvgIpc) is 2.54. The highest BCUT2D eigenvalue weighted by Gasteiger charge is 2.57. The Hall–Kier alpha value is -0.430. The molecule has 0 aromatic carbocycles. The molecule has 1 saturated heterocycles. The molecule has 0 aromatic heterocycles. The van der Waals surface area contributed by atoms with Crippen LogP contribution < -0.4 is 0 Å². The Morgan fingerprint density at radius 1 is 1.20 bits per heavy atom. The van der Waals surface area contributed by atoms with Crippen molar-refractivity contribution >= 4 is 0 Å². The Balaban J connectivity index is 2.23. The van der Waals surface area contributed by atoms with Crippen LogP contribution in [0, 0.1) is 0 Å². The molecule has 2 nitrogen and oxygen atoms in total. The molecule has 1 heterocycles. The smallest absolute Gasteiger partial charge is 0.376 e. The van der Waals surface area contributed by atoms with Crippen molar-refractivity contribution in [3.63, 3.8) is 0 Å². The van der Waals surface area contributed by atoms with Crippen LogP contribution in [-0.2, 0) is 9.47 Å². The number of alkyl halides is 5. The zero-order chi connectivity index (χ0) is 11.5. The summed E-state index contributed by atoms with van der Waals surface area (Å²) < 4.78 is 69.0. The van der Waals surface area contributed by atoms with Crippen molar-refractivity contribution in [3.8, 4) is 0 Å². The monoisotopic (exact) mass is 234 g/mol. The molecule has 0 N–H and O–H groups in total. The van der Waals surface area contributed by atoms with Crippen molar-refractivity contribution in [3.05, 3.63) is 0 Å². The fourth-order valence-corrected chi connectivity index (χ4v) is 1.18. The molecule has 0 spiro atoms. The van der Waals surface area contributed by atoms with Crippen molar-refractivity contribution in [2.24, 2.45) is 0 Å². The Morgan fingerprint density at radius 2 is 1.87 bits per heavy atom. The van der Waals surface area contributed by atoms with Crippen LogP contribution >= 0.6 is 0 Å². The molecule has 0 saturated carbocycles. The fraction of sp³-hybridized carbons (Fsp3) is 1.00. The van der Waals surface area contributed by atoms with Crippen LogP contribution in [0.4, 0.5) is 22.0 Å². The van der Waals surface area contributed by atoms with Crippen molar-refractivity contribution in [2.45, 2.75) is 31.0 Å². The maximum atomic E-state index is 12.3. The quantitative estimate of drug-likeness (QED) is 0.695. The van der Waals surface area contributed by atoms with Gasteiger partial charge in [-0.3, -0.25) is 0 Å². The van der Waals surface area contributed by atoms with Crippen LogP contribution in [0.25, 0.3) is 0 Å². The van der Waals surface area contributed by atoms with Crippen molar-refractivity contribution in [2.75, 3.05) is 19.8 Å². The number of halogens is 5. The van der Waals surface area contributed by atoms with E-state index in [9.17, 15) is 22.0 Å². The minimum absolute atomic E-state index is 0.217. The first-order valence-electron chi connectivity index (χ1n) is 4.47. The van der Waals surface area contributed by atoms with E-state index in [1.165, 1.54) is 0 Å². The normalized spacial score (nSPS) is 23.4. The van der Waals surface area contributed by atoms with Gasteiger partial charge in [-0.15, -0.1) is 0 Å². The molecule has 90 valence electrons. The Kier molecular flexibility index (Phi) is 3.88. The van der Waals surface area contributed by atoms with Crippen molar-refractivity contribution in [1.29, 1.82) is 0 Å². The molecule has 1 aliphatic rings. The predicted octanol–water partition coefficient (Wildman–Crippen LogP) is 2.38. The lowest BCUT2D eigenvalue weighted by Gasteiger charge is -2.20. The topological polar surface area (TPSA) is 18.5 Å². The van der Waals surface area contributed by atoms with Crippen molar-refractivity contribution < 1.29 is 31.4 Å². The molecule has 0 bridgehead atoms. The molecule has 0 aliphatic carbocycles. The van der Waals surface area contributed by atoms with Gasteiger partial charge in [0.05, 0.1) is 12.7 Å². The molecule has 15 heavy (non-hydrogen) atoms. The highest BCUT2D eigenvalue weighted by atomic mass is 19.4. The summed E-state index contributed by atoms with van der Waals surface area (Å²) in [6, 6.07) is 0. The lowest BCUT2D eigenvalue weighted by Crippen LogP contribution is -2.41. The van der Waals surface area contributed by atoms with E-state index < -0.39 is 18.7 Å². The molecular weight excluding hydrogens is 223 g/mol. The second-order valence-electron chi connectivity index (χ2n) is 3.35. The molecule has 0 aromatic rings. The minimum Gasteiger partial charge on any atom is -0.376 e. The largest absolute Gasteiger partial charge is 0.455 e. The summed E-state index contributed by atoms with van der Waals surface area (Å²) in [4.78, 5) is 0. The molecule has 1 rings (SSSR count). The summed E-state index contributed by atoms with van der Waals surface area (Å²) in [7, 11) is 0. The van der Waals surface area contributed by atoms with Crippen LogP contribution in [-0.4, -0.2) is 38.0 Å². The Labute approximate surface area is 83.3 Å². The average molecular weight is 234 g/mol. The third-order valence-corrected chi connectivity index (χ3v) is 2.03. The number of hydrogen-bond donors (Lipinski definition) is 0. The zero-order valence-corrected chi connectivity index (χ0v) is 7.82. The standard InChI is InChI=1S/C8H11F5O2/c9-7(10,8(11,12)13)5-14-4-6-2-1-3-15-6/h6H,1-5H2. The first kappa shape index (κ1) is 12.6. The maximum absolute atomic E-state index is 12.3. The van der Waals surface area contributed by atoms with Gasteiger partial charge in [-0.05, 0) is 12.8 Å². The SMILES string of the molecule is FC(F)(F)C(F)(F)COCC1CCCO1. The van der Waals surface area contributed by atoms with Crippen LogP contribution in [0.3, 0.4) is 0 Å². The number of rotatable bonds is 4. The van der Waals surface area contributed by atoms with E-state index in [1.54, 1.807) is 0 Å². The molecule has 7 heteroatoms. The summed E-state index contributed by atoms with van der Waals surface area (Å²) in [6.45, 7) is -1.36. The first-order valence-corrected chi connectivity index (χ1v) is 4.47. The van der Waals surface area contributed by atoms with Crippen LogP contribution in [0.5, 0.6) is 0 Å². The zero-order valence-electron chi connectivity index (χ0n) is 7.82. The van der Waals surface area contributed by atoms with E-state index >= 15 is 0 Å². The summed E-state index contributed by atoms with van der Waals surface area (Å²) >= 11 is 0. The molecule has 0 radical (unpaired) electrons. The van der Waals surface area contributed by atoms with Gasteiger partial charge in [-0.2, -0.15) is 22.0 Å². The highest BCUT2D eigenvalue weighted by molar-refractivity contribution is 4.75. The van der Waals surface area contributed by atoms with E-state index in [0.717, 1.165) is 6.42 Å². The molecule has 0 amide bonds. The van der Waals surface area contributed by atoms with E-state index in [1.807, 2.05) is 0 Å². The van der Waals surface area contributed by atoms with E-state index in [4.69, 9.17) is 4.74 Å². The molecule has 1 aliphatic heterocycles. The molecule has 1 fully saturated rings. The Morgan fingerprint density at radius 3 is 2.33 bits per heavy atom. The van der Waals surface area contributed by atoms with E-state index in [2.05, 4.69) is 4.74 Å². The minimum atomic E-state index is -5.55. The van der Waals surface area contributed by atoms with Gasteiger partial charge in [-0.1, -0.05) is 0 Å².